The van der Waals surface area contributed by atoms with Gasteiger partial charge in [0.05, 0.1) is 28.0 Å². The van der Waals surface area contributed by atoms with Gasteiger partial charge in [-0.1, -0.05) is 18.2 Å². The van der Waals surface area contributed by atoms with Crippen LogP contribution in [0.4, 0.5) is 13.2 Å². The first-order valence-corrected chi connectivity index (χ1v) is 10.4. The van der Waals surface area contributed by atoms with E-state index in [1.165, 1.54) is 12.1 Å². The Morgan fingerprint density at radius 2 is 1.56 bits per heavy atom. The molecule has 2 heterocycles. The molecule has 0 spiro atoms. The number of carboxylic acid groups (broad SMARTS) is 1. The monoisotopic (exact) mass is 466 g/mol. The molecule has 8 heteroatoms. The van der Waals surface area contributed by atoms with E-state index in [-0.39, 0.29) is 27.8 Å². The molecular formula is C26H21F3N2O3. The Labute approximate surface area is 193 Å². The second-order valence-electron chi connectivity index (χ2n) is 8.76. The maximum Gasteiger partial charge on any atom is 0.416 e. The summed E-state index contributed by atoms with van der Waals surface area (Å²) in [5.74, 6) is -0.599. The van der Waals surface area contributed by atoms with Crippen molar-refractivity contribution in [2.24, 2.45) is 0 Å². The summed E-state index contributed by atoms with van der Waals surface area (Å²) in [6.45, 7) is 5.90. The van der Waals surface area contributed by atoms with Crippen LogP contribution < -0.4 is 4.74 Å². The lowest BCUT2D eigenvalue weighted by Gasteiger charge is -2.21. The lowest BCUT2D eigenvalue weighted by molar-refractivity contribution is -0.137. The van der Waals surface area contributed by atoms with E-state index in [9.17, 15) is 23.1 Å². The number of benzene rings is 2. The van der Waals surface area contributed by atoms with E-state index >= 15 is 0 Å². The van der Waals surface area contributed by atoms with Gasteiger partial charge in [0, 0.05) is 17.1 Å². The third-order valence-electron chi connectivity index (χ3n) is 5.00. The lowest BCUT2D eigenvalue weighted by atomic mass is 10.0. The number of halogens is 3. The number of aromatic nitrogens is 2. The highest BCUT2D eigenvalue weighted by atomic mass is 19.4. The average molecular weight is 466 g/mol. The molecule has 0 fully saturated rings. The van der Waals surface area contributed by atoms with Crippen LogP contribution in [0.5, 0.6) is 5.75 Å². The number of hydrogen-bond acceptors (Lipinski definition) is 4. The Bertz CT molecular complexity index is 1360. The molecule has 4 rings (SSSR count). The Balaban J connectivity index is 1.68. The molecule has 0 saturated heterocycles. The van der Waals surface area contributed by atoms with Crippen LogP contribution in [0.15, 0.2) is 66.9 Å². The zero-order valence-corrected chi connectivity index (χ0v) is 18.6. The van der Waals surface area contributed by atoms with E-state index in [2.05, 4.69) is 9.97 Å². The Morgan fingerprint density at radius 1 is 0.882 bits per heavy atom. The van der Waals surface area contributed by atoms with Crippen molar-refractivity contribution in [1.82, 2.24) is 9.97 Å². The maximum atomic E-state index is 13.1. The third kappa shape index (κ3) is 5.01. The van der Waals surface area contributed by atoms with Gasteiger partial charge in [0.1, 0.15) is 11.4 Å². The van der Waals surface area contributed by atoms with Crippen LogP contribution in [0.25, 0.3) is 33.4 Å². The standard InChI is InChI=1S/C26H21F3N2O3/c1-25(2,3)34-18-8-4-15(5-9-18)16-6-10-22(30-14-16)23-13-20(24(32)33)19-12-17(26(27,28)29)7-11-21(19)31-23/h4-14H,1-3H3,(H,32,33). The molecule has 0 saturated carbocycles. The zero-order chi connectivity index (χ0) is 24.7. The summed E-state index contributed by atoms with van der Waals surface area (Å²) in [5.41, 5.74) is 1.04. The molecule has 0 radical (unpaired) electrons. The van der Waals surface area contributed by atoms with Crippen molar-refractivity contribution in [2.45, 2.75) is 32.5 Å². The van der Waals surface area contributed by atoms with Crippen LogP contribution in [0, 0.1) is 0 Å². The Morgan fingerprint density at radius 3 is 2.12 bits per heavy atom. The predicted octanol–water partition coefficient (Wildman–Crippen LogP) is 6.86. The molecule has 0 aliphatic heterocycles. The first-order chi connectivity index (χ1) is 15.9. The smallest absolute Gasteiger partial charge is 0.416 e. The molecular weight excluding hydrogens is 445 g/mol. The highest BCUT2D eigenvalue weighted by Crippen LogP contribution is 2.33. The van der Waals surface area contributed by atoms with Crippen molar-refractivity contribution < 1.29 is 27.8 Å². The van der Waals surface area contributed by atoms with E-state index < -0.39 is 17.7 Å². The van der Waals surface area contributed by atoms with Crippen LogP contribution in [0.3, 0.4) is 0 Å². The molecule has 0 atom stereocenters. The van der Waals surface area contributed by atoms with Gasteiger partial charge in [0.25, 0.3) is 0 Å². The summed E-state index contributed by atoms with van der Waals surface area (Å²) >= 11 is 0. The summed E-state index contributed by atoms with van der Waals surface area (Å²) in [5, 5.41) is 9.51. The second-order valence-corrected chi connectivity index (χ2v) is 8.76. The fourth-order valence-corrected chi connectivity index (χ4v) is 3.50. The molecule has 0 aliphatic carbocycles. The van der Waals surface area contributed by atoms with Crippen molar-refractivity contribution in [1.29, 1.82) is 0 Å². The van der Waals surface area contributed by atoms with Crippen molar-refractivity contribution >= 4 is 16.9 Å². The van der Waals surface area contributed by atoms with Gasteiger partial charge in [-0.25, -0.2) is 9.78 Å². The van der Waals surface area contributed by atoms with Gasteiger partial charge in [-0.05, 0) is 68.8 Å². The van der Waals surface area contributed by atoms with Gasteiger partial charge < -0.3 is 9.84 Å². The summed E-state index contributed by atoms with van der Waals surface area (Å²) in [6.07, 6.45) is -2.95. The van der Waals surface area contributed by atoms with Crippen molar-refractivity contribution in [2.75, 3.05) is 0 Å². The molecule has 0 unspecified atom stereocenters. The normalized spacial score (nSPS) is 12.1. The summed E-state index contributed by atoms with van der Waals surface area (Å²) < 4.78 is 45.1. The van der Waals surface area contributed by atoms with E-state index in [0.29, 0.717) is 5.69 Å². The molecule has 1 N–H and O–H groups in total. The van der Waals surface area contributed by atoms with Crippen LogP contribution in [0.1, 0.15) is 36.7 Å². The first kappa shape index (κ1) is 23.2. The number of aromatic carboxylic acids is 1. The number of rotatable bonds is 4. The molecule has 2 aromatic carbocycles. The quantitative estimate of drug-likeness (QED) is 0.356. The van der Waals surface area contributed by atoms with Crippen LogP contribution in [-0.4, -0.2) is 26.6 Å². The summed E-state index contributed by atoms with van der Waals surface area (Å²) in [6, 6.07) is 15.2. The highest BCUT2D eigenvalue weighted by molar-refractivity contribution is 6.03. The van der Waals surface area contributed by atoms with Crippen LogP contribution in [-0.2, 0) is 6.18 Å². The summed E-state index contributed by atoms with van der Waals surface area (Å²) in [4.78, 5) is 20.5. The van der Waals surface area contributed by atoms with Gasteiger partial charge in [0.2, 0.25) is 0 Å². The van der Waals surface area contributed by atoms with Crippen molar-refractivity contribution in [3.8, 4) is 28.3 Å². The van der Waals surface area contributed by atoms with E-state index in [1.54, 1.807) is 12.3 Å². The number of pyridine rings is 2. The third-order valence-corrected chi connectivity index (χ3v) is 5.00. The molecule has 0 aliphatic rings. The Hall–Kier alpha value is -3.94. The SMILES string of the molecule is CC(C)(C)Oc1ccc(-c2ccc(-c3cc(C(=O)O)c4cc(C(F)(F)F)ccc4n3)nc2)cc1. The minimum Gasteiger partial charge on any atom is -0.488 e. The fourth-order valence-electron chi connectivity index (χ4n) is 3.50. The van der Waals surface area contributed by atoms with Gasteiger partial charge in [-0.3, -0.25) is 4.98 Å². The fraction of sp³-hybridized carbons (Fsp3) is 0.192. The van der Waals surface area contributed by atoms with E-state index in [1.807, 2.05) is 51.1 Å². The van der Waals surface area contributed by atoms with E-state index in [4.69, 9.17) is 4.74 Å². The van der Waals surface area contributed by atoms with Crippen molar-refractivity contribution in [3.63, 3.8) is 0 Å². The van der Waals surface area contributed by atoms with Gasteiger partial charge in [-0.15, -0.1) is 0 Å². The number of ether oxygens (including phenoxy) is 1. The predicted molar refractivity (Wildman–Crippen MR) is 123 cm³/mol. The highest BCUT2D eigenvalue weighted by Gasteiger charge is 2.31. The number of alkyl halides is 3. The maximum absolute atomic E-state index is 13.1. The number of carboxylic acids is 1. The lowest BCUT2D eigenvalue weighted by Crippen LogP contribution is -2.22. The molecule has 2 aromatic heterocycles. The van der Waals surface area contributed by atoms with Gasteiger partial charge in [-0.2, -0.15) is 13.2 Å². The van der Waals surface area contributed by atoms with Crippen LogP contribution in [0.2, 0.25) is 0 Å². The topological polar surface area (TPSA) is 72.3 Å². The van der Waals surface area contributed by atoms with E-state index in [0.717, 1.165) is 29.0 Å². The Kier molecular flexibility index (Phi) is 5.77. The molecule has 0 amide bonds. The number of carbonyl (C=O) groups is 1. The molecule has 0 bridgehead atoms. The van der Waals surface area contributed by atoms with Crippen LogP contribution >= 0.6 is 0 Å². The average Bonchev–Trinajstić information content (AvgIpc) is 2.77. The first-order valence-electron chi connectivity index (χ1n) is 10.4. The number of hydrogen-bond donors (Lipinski definition) is 1. The van der Waals surface area contributed by atoms with Gasteiger partial charge >= 0.3 is 12.1 Å². The zero-order valence-electron chi connectivity index (χ0n) is 18.6. The molecule has 5 nitrogen and oxygen atoms in total. The molecule has 34 heavy (non-hydrogen) atoms. The van der Waals surface area contributed by atoms with Gasteiger partial charge in [0.15, 0.2) is 0 Å². The minimum absolute atomic E-state index is 0.0831. The molecule has 174 valence electrons. The largest absolute Gasteiger partial charge is 0.488 e. The number of nitrogens with zero attached hydrogens (tertiary/aromatic N) is 2. The summed E-state index contributed by atoms with van der Waals surface area (Å²) in [7, 11) is 0. The number of fused-ring (bicyclic) bond motifs is 1. The molecule has 4 aromatic rings. The second kappa shape index (κ2) is 8.44. The van der Waals surface area contributed by atoms with Crippen molar-refractivity contribution in [3.05, 3.63) is 78.0 Å². The minimum atomic E-state index is -4.59.